The standard InChI is InChI=1S/C15H14FN3O.C9H10ClNO/c1-3-9-5-4-8(2)12(14(9)16)13-10(15(18)20)7-19-11(13)6-17;10-8-3-1-2-7(6-8)4-5-9(11)12/h4-5,7,19H,3H2,1-2H3,(H2,18,20);1-3,6H,4-5H2,(H2,11,12). The fourth-order valence-corrected chi connectivity index (χ4v) is 3.43. The molecule has 5 N–H and O–H groups in total. The monoisotopic (exact) mass is 454 g/mol. The lowest BCUT2D eigenvalue weighted by atomic mass is 9.93. The van der Waals surface area contributed by atoms with Gasteiger partial charge in [0.05, 0.1) is 5.56 Å². The van der Waals surface area contributed by atoms with Gasteiger partial charge in [-0.05, 0) is 48.6 Å². The summed E-state index contributed by atoms with van der Waals surface area (Å²) in [6.45, 7) is 3.58. The number of rotatable bonds is 6. The van der Waals surface area contributed by atoms with Crippen LogP contribution in [-0.4, -0.2) is 16.8 Å². The number of aromatic nitrogens is 1. The molecule has 3 rings (SSSR count). The van der Waals surface area contributed by atoms with Gasteiger partial charge in [0.1, 0.15) is 17.6 Å². The second kappa shape index (κ2) is 11.1. The van der Waals surface area contributed by atoms with Gasteiger partial charge >= 0.3 is 0 Å². The van der Waals surface area contributed by atoms with Crippen LogP contribution in [-0.2, 0) is 17.6 Å². The van der Waals surface area contributed by atoms with Crippen molar-refractivity contribution in [2.45, 2.75) is 33.1 Å². The van der Waals surface area contributed by atoms with E-state index in [0.717, 1.165) is 5.56 Å². The molecule has 0 saturated heterocycles. The molecule has 0 spiro atoms. The number of amides is 2. The number of carbonyl (C=O) groups is 2. The molecule has 0 aliphatic rings. The number of nitrogens with zero attached hydrogens (tertiary/aromatic N) is 1. The normalized spacial score (nSPS) is 10.1. The van der Waals surface area contributed by atoms with Crippen LogP contribution in [0, 0.1) is 24.1 Å². The predicted octanol–water partition coefficient (Wildman–Crippen LogP) is 4.42. The van der Waals surface area contributed by atoms with Crippen molar-refractivity contribution in [3.8, 4) is 17.2 Å². The van der Waals surface area contributed by atoms with Gasteiger partial charge in [0, 0.05) is 28.8 Å². The molecule has 8 heteroatoms. The van der Waals surface area contributed by atoms with Crippen LogP contribution in [0.1, 0.15) is 46.1 Å². The summed E-state index contributed by atoms with van der Waals surface area (Å²) in [7, 11) is 0. The van der Waals surface area contributed by atoms with Crippen LogP contribution in [0.4, 0.5) is 4.39 Å². The maximum absolute atomic E-state index is 14.6. The maximum atomic E-state index is 14.6. The summed E-state index contributed by atoms with van der Waals surface area (Å²) < 4.78 is 14.6. The maximum Gasteiger partial charge on any atom is 0.250 e. The zero-order valence-electron chi connectivity index (χ0n) is 17.8. The SMILES string of the molecule is CCc1ccc(C)c(-c2c(C(N)=O)c[nH]c2C#N)c1F.NC(=O)CCc1cccc(Cl)c1. The van der Waals surface area contributed by atoms with Gasteiger partial charge in [-0.1, -0.05) is 42.8 Å². The third-order valence-electron chi connectivity index (χ3n) is 4.87. The smallest absolute Gasteiger partial charge is 0.250 e. The van der Waals surface area contributed by atoms with Gasteiger partial charge in [-0.25, -0.2) is 4.39 Å². The summed E-state index contributed by atoms with van der Waals surface area (Å²) >= 11 is 5.74. The molecular formula is C24H24ClFN4O2. The Morgan fingerprint density at radius 3 is 2.47 bits per heavy atom. The number of primary amides is 2. The van der Waals surface area contributed by atoms with E-state index in [2.05, 4.69) is 4.98 Å². The molecule has 0 atom stereocenters. The Morgan fingerprint density at radius 1 is 1.19 bits per heavy atom. The summed E-state index contributed by atoms with van der Waals surface area (Å²) in [5.74, 6) is -1.39. The van der Waals surface area contributed by atoms with E-state index < -0.39 is 11.7 Å². The zero-order chi connectivity index (χ0) is 23.8. The predicted molar refractivity (Wildman–Crippen MR) is 123 cm³/mol. The lowest BCUT2D eigenvalue weighted by molar-refractivity contribution is -0.117. The minimum atomic E-state index is -0.696. The largest absolute Gasteiger partial charge is 0.370 e. The summed E-state index contributed by atoms with van der Waals surface area (Å²) in [6.07, 6.45) is 2.90. The molecule has 32 heavy (non-hydrogen) atoms. The highest BCUT2D eigenvalue weighted by Crippen LogP contribution is 2.34. The fraction of sp³-hybridized carbons (Fsp3) is 0.208. The molecule has 0 bridgehead atoms. The Labute approximate surface area is 191 Å². The van der Waals surface area contributed by atoms with E-state index in [4.69, 9.17) is 28.3 Å². The van der Waals surface area contributed by atoms with Gasteiger partial charge in [-0.15, -0.1) is 0 Å². The molecule has 2 aromatic carbocycles. The molecule has 0 radical (unpaired) electrons. The number of halogens is 2. The molecule has 166 valence electrons. The van der Waals surface area contributed by atoms with E-state index in [1.807, 2.05) is 31.2 Å². The molecule has 0 aliphatic heterocycles. The zero-order valence-corrected chi connectivity index (χ0v) is 18.6. The summed E-state index contributed by atoms with van der Waals surface area (Å²) in [6, 6.07) is 12.8. The second-order valence-corrected chi connectivity index (χ2v) is 7.55. The van der Waals surface area contributed by atoms with Crippen molar-refractivity contribution in [1.82, 2.24) is 4.98 Å². The first-order valence-corrected chi connectivity index (χ1v) is 10.3. The Bertz CT molecular complexity index is 1180. The molecule has 1 heterocycles. The van der Waals surface area contributed by atoms with E-state index in [1.54, 1.807) is 25.1 Å². The lowest BCUT2D eigenvalue weighted by Crippen LogP contribution is -2.12. The van der Waals surface area contributed by atoms with Crippen LogP contribution in [0.15, 0.2) is 42.6 Å². The number of H-pyrrole nitrogens is 1. The van der Waals surface area contributed by atoms with Gasteiger partial charge in [-0.2, -0.15) is 5.26 Å². The lowest BCUT2D eigenvalue weighted by Gasteiger charge is -2.11. The van der Waals surface area contributed by atoms with Crippen molar-refractivity contribution in [1.29, 1.82) is 5.26 Å². The van der Waals surface area contributed by atoms with Gasteiger partial charge < -0.3 is 16.5 Å². The first-order chi connectivity index (χ1) is 15.2. The number of hydrogen-bond acceptors (Lipinski definition) is 3. The van der Waals surface area contributed by atoms with E-state index in [0.29, 0.717) is 35.4 Å². The highest BCUT2D eigenvalue weighted by atomic mass is 35.5. The molecule has 0 saturated carbocycles. The number of carbonyl (C=O) groups excluding carboxylic acids is 2. The molecule has 0 unspecified atom stereocenters. The summed E-state index contributed by atoms with van der Waals surface area (Å²) in [4.78, 5) is 24.6. The van der Waals surface area contributed by atoms with Crippen LogP contribution in [0.3, 0.4) is 0 Å². The van der Waals surface area contributed by atoms with Crippen molar-refractivity contribution in [2.24, 2.45) is 11.5 Å². The minimum Gasteiger partial charge on any atom is -0.370 e. The summed E-state index contributed by atoms with van der Waals surface area (Å²) in [5, 5.41) is 9.82. The average molecular weight is 455 g/mol. The molecular weight excluding hydrogens is 431 g/mol. The van der Waals surface area contributed by atoms with E-state index in [-0.39, 0.29) is 28.3 Å². The minimum absolute atomic E-state index is 0.122. The van der Waals surface area contributed by atoms with Crippen LogP contribution in [0.25, 0.3) is 11.1 Å². The number of aryl methyl sites for hydroxylation is 3. The third kappa shape index (κ3) is 5.96. The molecule has 3 aromatic rings. The van der Waals surface area contributed by atoms with Crippen molar-refractivity contribution in [3.63, 3.8) is 0 Å². The first-order valence-electron chi connectivity index (χ1n) is 9.91. The quantitative estimate of drug-likeness (QED) is 0.510. The number of nitriles is 1. The number of hydrogen-bond donors (Lipinski definition) is 3. The Morgan fingerprint density at radius 2 is 1.91 bits per heavy atom. The number of benzene rings is 2. The Kier molecular flexibility index (Phi) is 8.56. The molecule has 6 nitrogen and oxygen atoms in total. The highest BCUT2D eigenvalue weighted by molar-refractivity contribution is 6.30. The number of aromatic amines is 1. The van der Waals surface area contributed by atoms with Gasteiger partial charge in [0.25, 0.3) is 5.91 Å². The Hall–Kier alpha value is -3.63. The molecule has 1 aromatic heterocycles. The van der Waals surface area contributed by atoms with Crippen LogP contribution >= 0.6 is 11.6 Å². The number of nitrogens with two attached hydrogens (primary N) is 2. The first kappa shape index (κ1) is 24.6. The van der Waals surface area contributed by atoms with Gasteiger partial charge in [0.2, 0.25) is 5.91 Å². The van der Waals surface area contributed by atoms with Crippen molar-refractivity contribution in [3.05, 3.63) is 81.4 Å². The fourth-order valence-electron chi connectivity index (χ4n) is 3.22. The molecule has 0 aliphatic carbocycles. The van der Waals surface area contributed by atoms with Crippen LogP contribution in [0.5, 0.6) is 0 Å². The molecule has 2 amide bonds. The highest BCUT2D eigenvalue weighted by Gasteiger charge is 2.22. The van der Waals surface area contributed by atoms with Crippen molar-refractivity contribution in [2.75, 3.05) is 0 Å². The molecule has 0 fully saturated rings. The third-order valence-corrected chi connectivity index (χ3v) is 5.10. The second-order valence-electron chi connectivity index (χ2n) is 7.11. The summed E-state index contributed by atoms with van der Waals surface area (Å²) in [5.41, 5.74) is 13.3. The Balaban J connectivity index is 0.000000258. The van der Waals surface area contributed by atoms with Crippen molar-refractivity contribution >= 4 is 23.4 Å². The van der Waals surface area contributed by atoms with Crippen molar-refractivity contribution < 1.29 is 14.0 Å². The van der Waals surface area contributed by atoms with Gasteiger partial charge in [0.15, 0.2) is 0 Å². The van der Waals surface area contributed by atoms with E-state index in [1.165, 1.54) is 6.20 Å². The van der Waals surface area contributed by atoms with E-state index >= 15 is 0 Å². The average Bonchev–Trinajstić information content (AvgIpc) is 3.17. The number of nitrogens with one attached hydrogen (secondary N) is 1. The van der Waals surface area contributed by atoms with Crippen LogP contribution in [0.2, 0.25) is 5.02 Å². The van der Waals surface area contributed by atoms with Crippen LogP contribution < -0.4 is 11.5 Å². The topological polar surface area (TPSA) is 126 Å². The van der Waals surface area contributed by atoms with Gasteiger partial charge in [-0.3, -0.25) is 9.59 Å². The van der Waals surface area contributed by atoms with E-state index in [9.17, 15) is 14.0 Å².